The maximum atomic E-state index is 11.5. The van der Waals surface area contributed by atoms with Gasteiger partial charge in [0.15, 0.2) is 0 Å². The summed E-state index contributed by atoms with van der Waals surface area (Å²) in [6.45, 7) is 2.46. The molecule has 0 saturated carbocycles. The zero-order valence-electron chi connectivity index (χ0n) is 8.80. The highest BCUT2D eigenvalue weighted by atomic mass is 16.5. The Labute approximate surface area is 92.2 Å². The minimum atomic E-state index is -0.180. The van der Waals surface area contributed by atoms with Crippen molar-refractivity contribution in [3.63, 3.8) is 0 Å². The van der Waals surface area contributed by atoms with Crippen molar-refractivity contribution in [2.75, 3.05) is 6.61 Å². The van der Waals surface area contributed by atoms with E-state index >= 15 is 0 Å². The molecule has 2 rings (SSSR count). The van der Waals surface area contributed by atoms with Crippen molar-refractivity contribution >= 4 is 0 Å². The van der Waals surface area contributed by atoms with Crippen LogP contribution in [0.15, 0.2) is 35.6 Å². The van der Waals surface area contributed by atoms with Crippen LogP contribution < -0.4 is 10.3 Å². The summed E-state index contributed by atoms with van der Waals surface area (Å²) in [7, 11) is 0. The predicted molar refractivity (Wildman–Crippen MR) is 59.3 cm³/mol. The van der Waals surface area contributed by atoms with Gasteiger partial charge in [-0.2, -0.15) is 0 Å². The minimum absolute atomic E-state index is 0.180. The molecule has 16 heavy (non-hydrogen) atoms. The zero-order chi connectivity index (χ0) is 11.4. The summed E-state index contributed by atoms with van der Waals surface area (Å²) in [5.41, 5.74) is 1.04. The first-order valence-electron chi connectivity index (χ1n) is 4.93. The average molecular weight is 217 g/mol. The summed E-state index contributed by atoms with van der Waals surface area (Å²) in [6, 6.07) is 3.51. The molecule has 0 radical (unpaired) electrons. The van der Waals surface area contributed by atoms with E-state index in [-0.39, 0.29) is 5.56 Å². The molecule has 82 valence electrons. The van der Waals surface area contributed by atoms with Crippen molar-refractivity contribution < 1.29 is 4.74 Å². The van der Waals surface area contributed by atoms with Crippen molar-refractivity contribution in [3.8, 4) is 17.0 Å². The Morgan fingerprint density at radius 2 is 2.25 bits per heavy atom. The van der Waals surface area contributed by atoms with Crippen LogP contribution in [0.4, 0.5) is 0 Å². The Kier molecular flexibility index (Phi) is 2.95. The topological polar surface area (TPSA) is 67.9 Å². The van der Waals surface area contributed by atoms with Crippen molar-refractivity contribution in [2.24, 2.45) is 0 Å². The van der Waals surface area contributed by atoms with Gasteiger partial charge in [0.2, 0.25) is 5.88 Å². The van der Waals surface area contributed by atoms with Gasteiger partial charge in [-0.25, -0.2) is 9.97 Å². The van der Waals surface area contributed by atoms with Crippen LogP contribution in [0.5, 0.6) is 5.88 Å². The smallest absolute Gasteiger partial charge is 0.258 e. The van der Waals surface area contributed by atoms with Crippen LogP contribution in [0.3, 0.4) is 0 Å². The SMILES string of the molecule is CCOc1ccc(-c2cnc[nH]c2=O)cn1. The second-order valence-electron chi connectivity index (χ2n) is 3.11. The van der Waals surface area contributed by atoms with Gasteiger partial charge in [-0.3, -0.25) is 4.79 Å². The standard InChI is InChI=1S/C11H11N3O2/c1-2-16-10-4-3-8(5-13-10)9-6-12-7-14-11(9)15/h3-7H,2H2,1H3,(H,12,14,15). The number of hydrogen-bond acceptors (Lipinski definition) is 4. The molecule has 5 heteroatoms. The first-order valence-corrected chi connectivity index (χ1v) is 4.93. The summed E-state index contributed by atoms with van der Waals surface area (Å²) < 4.78 is 5.21. The Morgan fingerprint density at radius 1 is 1.38 bits per heavy atom. The van der Waals surface area contributed by atoms with Gasteiger partial charge in [-0.05, 0) is 13.0 Å². The lowest BCUT2D eigenvalue weighted by atomic mass is 10.1. The van der Waals surface area contributed by atoms with Crippen LogP contribution in [-0.2, 0) is 0 Å². The second-order valence-corrected chi connectivity index (χ2v) is 3.11. The molecule has 0 amide bonds. The molecular formula is C11H11N3O2. The van der Waals surface area contributed by atoms with Crippen LogP contribution in [0.1, 0.15) is 6.92 Å². The van der Waals surface area contributed by atoms with Gasteiger partial charge in [0, 0.05) is 24.0 Å². The molecule has 2 heterocycles. The van der Waals surface area contributed by atoms with Crippen LogP contribution in [0.25, 0.3) is 11.1 Å². The molecule has 0 aliphatic heterocycles. The zero-order valence-corrected chi connectivity index (χ0v) is 8.80. The van der Waals surface area contributed by atoms with Gasteiger partial charge >= 0.3 is 0 Å². The Balaban J connectivity index is 2.35. The fourth-order valence-electron chi connectivity index (χ4n) is 1.32. The summed E-state index contributed by atoms with van der Waals surface area (Å²) >= 11 is 0. The highest BCUT2D eigenvalue weighted by Crippen LogP contribution is 2.15. The largest absolute Gasteiger partial charge is 0.478 e. The molecule has 5 nitrogen and oxygen atoms in total. The third kappa shape index (κ3) is 2.08. The van der Waals surface area contributed by atoms with E-state index in [9.17, 15) is 4.79 Å². The third-order valence-electron chi connectivity index (χ3n) is 2.06. The molecule has 0 bridgehead atoms. The minimum Gasteiger partial charge on any atom is -0.478 e. The van der Waals surface area contributed by atoms with Crippen molar-refractivity contribution in [2.45, 2.75) is 6.92 Å². The van der Waals surface area contributed by atoms with Gasteiger partial charge in [-0.15, -0.1) is 0 Å². The van der Waals surface area contributed by atoms with Gasteiger partial charge in [0.1, 0.15) is 0 Å². The summed E-state index contributed by atoms with van der Waals surface area (Å²) in [6.07, 6.45) is 4.46. The number of aromatic amines is 1. The quantitative estimate of drug-likeness (QED) is 0.839. The molecule has 0 unspecified atom stereocenters. The number of hydrogen-bond donors (Lipinski definition) is 1. The average Bonchev–Trinajstić information content (AvgIpc) is 2.31. The molecule has 2 aromatic heterocycles. The number of nitrogens with zero attached hydrogens (tertiary/aromatic N) is 2. The molecular weight excluding hydrogens is 206 g/mol. The van der Waals surface area contributed by atoms with E-state index in [4.69, 9.17) is 4.74 Å². The maximum absolute atomic E-state index is 11.5. The van der Waals surface area contributed by atoms with Gasteiger partial charge in [0.25, 0.3) is 5.56 Å². The molecule has 1 N–H and O–H groups in total. The summed E-state index contributed by atoms with van der Waals surface area (Å²) in [5, 5.41) is 0. The molecule has 0 aliphatic carbocycles. The molecule has 0 aromatic carbocycles. The Bertz CT molecular complexity index is 519. The summed E-state index contributed by atoms with van der Waals surface area (Å²) in [4.78, 5) is 21.9. The fourth-order valence-corrected chi connectivity index (χ4v) is 1.32. The van der Waals surface area contributed by atoms with Gasteiger partial charge in [0.05, 0.1) is 18.5 Å². The molecule has 2 aromatic rings. The van der Waals surface area contributed by atoms with E-state index in [1.54, 1.807) is 18.3 Å². The molecule has 0 saturated heterocycles. The van der Waals surface area contributed by atoms with Crippen molar-refractivity contribution in [1.29, 1.82) is 0 Å². The number of rotatable bonds is 3. The number of nitrogens with one attached hydrogen (secondary N) is 1. The van der Waals surface area contributed by atoms with Crippen LogP contribution in [-0.4, -0.2) is 21.6 Å². The monoisotopic (exact) mass is 217 g/mol. The van der Waals surface area contributed by atoms with Crippen molar-refractivity contribution in [3.05, 3.63) is 41.2 Å². The fraction of sp³-hybridized carbons (Fsp3) is 0.182. The van der Waals surface area contributed by atoms with E-state index in [2.05, 4.69) is 15.0 Å². The maximum Gasteiger partial charge on any atom is 0.258 e. The molecule has 0 spiro atoms. The first-order chi connectivity index (χ1) is 7.81. The van der Waals surface area contributed by atoms with Gasteiger partial charge < -0.3 is 9.72 Å². The molecule has 0 fully saturated rings. The first kappa shape index (κ1) is 10.4. The van der Waals surface area contributed by atoms with Crippen LogP contribution in [0.2, 0.25) is 0 Å². The van der Waals surface area contributed by atoms with E-state index in [1.165, 1.54) is 12.5 Å². The second kappa shape index (κ2) is 4.57. The predicted octanol–water partition coefficient (Wildman–Crippen LogP) is 1.23. The van der Waals surface area contributed by atoms with Crippen molar-refractivity contribution in [1.82, 2.24) is 15.0 Å². The van der Waals surface area contributed by atoms with E-state index in [1.807, 2.05) is 6.92 Å². The van der Waals surface area contributed by atoms with E-state index < -0.39 is 0 Å². The lowest BCUT2D eigenvalue weighted by Crippen LogP contribution is -2.08. The third-order valence-corrected chi connectivity index (χ3v) is 2.06. The lowest BCUT2D eigenvalue weighted by molar-refractivity contribution is 0.327. The highest BCUT2D eigenvalue weighted by Gasteiger charge is 2.03. The normalized spacial score (nSPS) is 10.1. The Hall–Kier alpha value is -2.17. The summed E-state index contributed by atoms with van der Waals surface area (Å²) in [5.74, 6) is 0.548. The highest BCUT2D eigenvalue weighted by molar-refractivity contribution is 5.60. The van der Waals surface area contributed by atoms with Crippen LogP contribution in [0, 0.1) is 0 Å². The Morgan fingerprint density at radius 3 is 2.88 bits per heavy atom. The van der Waals surface area contributed by atoms with Gasteiger partial charge in [-0.1, -0.05) is 0 Å². The number of aromatic nitrogens is 3. The lowest BCUT2D eigenvalue weighted by Gasteiger charge is -2.02. The van der Waals surface area contributed by atoms with Crippen LogP contribution >= 0.6 is 0 Å². The van der Waals surface area contributed by atoms with E-state index in [0.717, 1.165) is 5.56 Å². The molecule has 0 atom stereocenters. The number of H-pyrrole nitrogens is 1. The molecule has 0 aliphatic rings. The number of pyridine rings is 1. The van der Waals surface area contributed by atoms with E-state index in [0.29, 0.717) is 18.1 Å². The number of ether oxygens (including phenoxy) is 1.